The van der Waals surface area contributed by atoms with E-state index in [9.17, 15) is 13.6 Å². The molecule has 4 nitrogen and oxygen atoms in total. The molecule has 0 aromatic heterocycles. The van der Waals surface area contributed by atoms with Crippen molar-refractivity contribution < 1.29 is 23.0 Å². The van der Waals surface area contributed by atoms with E-state index >= 15 is 0 Å². The molecule has 0 fully saturated rings. The summed E-state index contributed by atoms with van der Waals surface area (Å²) in [5.41, 5.74) is 0.246. The molecular formula is C12H14ClF2NO3. The number of amides is 1. The first-order valence-corrected chi connectivity index (χ1v) is 6.13. The number of ether oxygens (including phenoxy) is 2. The average Bonchev–Trinajstić information content (AvgIpc) is 2.38. The van der Waals surface area contributed by atoms with Crippen LogP contribution in [0.15, 0.2) is 24.3 Å². The average molecular weight is 294 g/mol. The van der Waals surface area contributed by atoms with Gasteiger partial charge >= 0.3 is 6.61 Å². The Kier molecular flexibility index (Phi) is 7.14. The molecule has 106 valence electrons. The monoisotopic (exact) mass is 293 g/mol. The molecule has 0 saturated heterocycles. The Bertz CT molecular complexity index is 404. The minimum Gasteiger partial charge on any atom is -0.435 e. The molecule has 1 rings (SSSR count). The number of halogens is 3. The van der Waals surface area contributed by atoms with Crippen LogP contribution in [0.1, 0.15) is 10.4 Å². The van der Waals surface area contributed by atoms with Crippen molar-refractivity contribution >= 4 is 17.5 Å². The van der Waals surface area contributed by atoms with Gasteiger partial charge in [0.1, 0.15) is 5.75 Å². The van der Waals surface area contributed by atoms with Crippen LogP contribution in [0.2, 0.25) is 0 Å². The maximum absolute atomic E-state index is 12.0. The second kappa shape index (κ2) is 8.66. The molecule has 0 bridgehead atoms. The van der Waals surface area contributed by atoms with E-state index in [0.29, 0.717) is 25.6 Å². The van der Waals surface area contributed by atoms with Gasteiger partial charge in [0.25, 0.3) is 5.91 Å². The smallest absolute Gasteiger partial charge is 0.387 e. The second-order valence-electron chi connectivity index (χ2n) is 3.46. The summed E-state index contributed by atoms with van der Waals surface area (Å²) >= 11 is 5.41. The Morgan fingerprint density at radius 3 is 2.84 bits per heavy atom. The molecule has 0 aliphatic rings. The fourth-order valence-electron chi connectivity index (χ4n) is 1.31. The summed E-state index contributed by atoms with van der Waals surface area (Å²) in [5, 5.41) is 2.59. The van der Waals surface area contributed by atoms with Crippen molar-refractivity contribution in [3.05, 3.63) is 29.8 Å². The number of nitrogens with one attached hydrogen (secondary N) is 1. The van der Waals surface area contributed by atoms with Crippen LogP contribution in [0.3, 0.4) is 0 Å². The predicted molar refractivity (Wildman–Crippen MR) is 66.9 cm³/mol. The number of carbonyl (C=O) groups excluding carboxylic acids is 1. The predicted octanol–water partition coefficient (Wildman–Crippen LogP) is 2.27. The molecule has 0 aliphatic carbocycles. The molecule has 0 radical (unpaired) electrons. The Hall–Kier alpha value is -1.40. The number of hydrogen-bond donors (Lipinski definition) is 1. The van der Waals surface area contributed by atoms with E-state index in [4.69, 9.17) is 16.3 Å². The third kappa shape index (κ3) is 6.35. The highest BCUT2D eigenvalue weighted by molar-refractivity contribution is 6.17. The third-order valence-corrected chi connectivity index (χ3v) is 2.23. The topological polar surface area (TPSA) is 47.6 Å². The van der Waals surface area contributed by atoms with E-state index in [2.05, 4.69) is 10.1 Å². The van der Waals surface area contributed by atoms with Gasteiger partial charge in [0.2, 0.25) is 0 Å². The van der Waals surface area contributed by atoms with Crippen LogP contribution in [0.5, 0.6) is 5.75 Å². The number of rotatable bonds is 8. The van der Waals surface area contributed by atoms with Crippen molar-refractivity contribution in [2.75, 3.05) is 25.6 Å². The number of hydrogen-bond acceptors (Lipinski definition) is 3. The SMILES string of the molecule is O=C(NCCOCCCl)c1cccc(OC(F)F)c1. The first kappa shape index (κ1) is 15.7. The summed E-state index contributed by atoms with van der Waals surface area (Å²) in [4.78, 5) is 11.7. The third-order valence-electron chi connectivity index (χ3n) is 2.07. The van der Waals surface area contributed by atoms with Crippen LogP contribution in [0.25, 0.3) is 0 Å². The normalized spacial score (nSPS) is 10.5. The van der Waals surface area contributed by atoms with Gasteiger partial charge in [-0.2, -0.15) is 8.78 Å². The van der Waals surface area contributed by atoms with Crippen LogP contribution in [-0.4, -0.2) is 38.2 Å². The summed E-state index contributed by atoms with van der Waals surface area (Å²) < 4.78 is 33.3. The van der Waals surface area contributed by atoms with Crippen LogP contribution in [-0.2, 0) is 4.74 Å². The molecule has 0 heterocycles. The van der Waals surface area contributed by atoms with Gasteiger partial charge in [0.05, 0.1) is 13.2 Å². The Labute approximate surface area is 114 Å². The van der Waals surface area contributed by atoms with Gasteiger partial charge in [0, 0.05) is 18.0 Å². The Balaban J connectivity index is 2.43. The van der Waals surface area contributed by atoms with Gasteiger partial charge < -0.3 is 14.8 Å². The largest absolute Gasteiger partial charge is 0.435 e. The molecule has 0 aliphatic heterocycles. The van der Waals surface area contributed by atoms with E-state index in [-0.39, 0.29) is 17.2 Å². The minimum absolute atomic E-state index is 0.0546. The maximum Gasteiger partial charge on any atom is 0.387 e. The molecule has 1 aromatic carbocycles. The summed E-state index contributed by atoms with van der Waals surface area (Å²) in [6.07, 6.45) is 0. The lowest BCUT2D eigenvalue weighted by molar-refractivity contribution is -0.0498. The zero-order valence-corrected chi connectivity index (χ0v) is 10.8. The van der Waals surface area contributed by atoms with Gasteiger partial charge in [-0.3, -0.25) is 4.79 Å². The molecule has 7 heteroatoms. The fraction of sp³-hybridized carbons (Fsp3) is 0.417. The summed E-state index contributed by atoms with van der Waals surface area (Å²) in [7, 11) is 0. The lowest BCUT2D eigenvalue weighted by Crippen LogP contribution is -2.27. The van der Waals surface area contributed by atoms with Gasteiger partial charge in [-0.25, -0.2) is 0 Å². The molecule has 19 heavy (non-hydrogen) atoms. The molecule has 0 saturated carbocycles. The molecule has 0 unspecified atom stereocenters. The Morgan fingerprint density at radius 2 is 2.16 bits per heavy atom. The van der Waals surface area contributed by atoms with E-state index in [0.717, 1.165) is 0 Å². The summed E-state index contributed by atoms with van der Waals surface area (Å²) in [6, 6.07) is 5.58. The van der Waals surface area contributed by atoms with Crippen LogP contribution < -0.4 is 10.1 Å². The molecule has 0 spiro atoms. The Morgan fingerprint density at radius 1 is 1.37 bits per heavy atom. The minimum atomic E-state index is -2.91. The number of benzene rings is 1. The highest BCUT2D eigenvalue weighted by Gasteiger charge is 2.08. The standard InChI is InChI=1S/C12H14ClF2NO3/c13-4-6-18-7-5-16-11(17)9-2-1-3-10(8-9)19-12(14)15/h1-3,8,12H,4-7H2,(H,16,17). The van der Waals surface area contributed by atoms with Crippen LogP contribution in [0.4, 0.5) is 8.78 Å². The summed E-state index contributed by atoms with van der Waals surface area (Å²) in [6.45, 7) is -1.85. The van der Waals surface area contributed by atoms with Crippen molar-refractivity contribution in [1.29, 1.82) is 0 Å². The highest BCUT2D eigenvalue weighted by Crippen LogP contribution is 2.15. The van der Waals surface area contributed by atoms with Crippen molar-refractivity contribution in [3.8, 4) is 5.75 Å². The lowest BCUT2D eigenvalue weighted by Gasteiger charge is -2.08. The molecule has 1 N–H and O–H groups in total. The van der Waals surface area contributed by atoms with E-state index in [1.165, 1.54) is 24.3 Å². The zero-order chi connectivity index (χ0) is 14.1. The first-order valence-electron chi connectivity index (χ1n) is 5.60. The highest BCUT2D eigenvalue weighted by atomic mass is 35.5. The van der Waals surface area contributed by atoms with Gasteiger partial charge in [-0.15, -0.1) is 11.6 Å². The molecule has 0 atom stereocenters. The lowest BCUT2D eigenvalue weighted by atomic mass is 10.2. The van der Waals surface area contributed by atoms with Crippen molar-refractivity contribution in [2.24, 2.45) is 0 Å². The van der Waals surface area contributed by atoms with E-state index in [1.54, 1.807) is 0 Å². The molecule has 1 aromatic rings. The van der Waals surface area contributed by atoms with Gasteiger partial charge in [0.15, 0.2) is 0 Å². The fourth-order valence-corrected chi connectivity index (χ4v) is 1.42. The first-order chi connectivity index (χ1) is 9.13. The van der Waals surface area contributed by atoms with E-state index in [1.807, 2.05) is 0 Å². The van der Waals surface area contributed by atoms with Crippen molar-refractivity contribution in [3.63, 3.8) is 0 Å². The van der Waals surface area contributed by atoms with Crippen LogP contribution >= 0.6 is 11.6 Å². The maximum atomic E-state index is 12.0. The number of carbonyl (C=O) groups is 1. The second-order valence-corrected chi connectivity index (χ2v) is 3.84. The number of alkyl halides is 3. The van der Waals surface area contributed by atoms with Gasteiger partial charge in [-0.05, 0) is 18.2 Å². The molecular weight excluding hydrogens is 280 g/mol. The zero-order valence-electron chi connectivity index (χ0n) is 10.1. The van der Waals surface area contributed by atoms with Crippen molar-refractivity contribution in [1.82, 2.24) is 5.32 Å². The quantitative estimate of drug-likeness (QED) is 0.591. The molecule has 1 amide bonds. The van der Waals surface area contributed by atoms with E-state index < -0.39 is 6.61 Å². The summed E-state index contributed by atoms with van der Waals surface area (Å²) in [5.74, 6) is -0.0451. The van der Waals surface area contributed by atoms with Gasteiger partial charge in [-0.1, -0.05) is 6.07 Å². The van der Waals surface area contributed by atoms with Crippen LogP contribution in [0, 0.1) is 0 Å². The van der Waals surface area contributed by atoms with Crippen molar-refractivity contribution in [2.45, 2.75) is 6.61 Å².